The molecule has 0 aliphatic heterocycles. The monoisotopic (exact) mass is 276 g/mol. The zero-order valence-electron chi connectivity index (χ0n) is 13.2. The molecule has 0 spiro atoms. The second-order valence-corrected chi connectivity index (χ2v) is 6.73. The molecule has 0 aliphatic rings. The Morgan fingerprint density at radius 3 is 2.60 bits per heavy atom. The molecule has 3 heteroatoms. The highest BCUT2D eigenvalue weighted by Crippen LogP contribution is 2.23. The molecule has 1 aromatic carbocycles. The number of benzene rings is 1. The van der Waals surface area contributed by atoms with Crippen LogP contribution in [0, 0.1) is 18.3 Å². The van der Waals surface area contributed by atoms with E-state index in [0.29, 0.717) is 13.1 Å². The van der Waals surface area contributed by atoms with Crippen molar-refractivity contribution in [1.29, 1.82) is 0 Å². The Morgan fingerprint density at radius 2 is 2.05 bits per heavy atom. The van der Waals surface area contributed by atoms with Gasteiger partial charge in [-0.05, 0) is 30.7 Å². The molecule has 0 aromatic heterocycles. The molecule has 0 bridgehead atoms. The lowest BCUT2D eigenvalue weighted by Crippen LogP contribution is -2.38. The van der Waals surface area contributed by atoms with Crippen molar-refractivity contribution < 1.29 is 4.79 Å². The summed E-state index contributed by atoms with van der Waals surface area (Å²) < 4.78 is 0. The first-order chi connectivity index (χ1) is 9.31. The van der Waals surface area contributed by atoms with Crippen molar-refractivity contribution in [3.05, 3.63) is 35.4 Å². The first-order valence-electron chi connectivity index (χ1n) is 7.35. The van der Waals surface area contributed by atoms with Crippen molar-refractivity contribution in [2.24, 2.45) is 17.1 Å². The van der Waals surface area contributed by atoms with Gasteiger partial charge in [-0.15, -0.1) is 0 Å². The Bertz CT molecular complexity index is 435. The maximum atomic E-state index is 12.1. The van der Waals surface area contributed by atoms with E-state index in [2.05, 4.69) is 57.3 Å². The Kier molecular flexibility index (Phi) is 6.21. The predicted molar refractivity (Wildman–Crippen MR) is 84.5 cm³/mol. The first kappa shape index (κ1) is 16.7. The van der Waals surface area contributed by atoms with E-state index in [1.165, 1.54) is 11.1 Å². The minimum absolute atomic E-state index is 0.0788. The number of aryl methyl sites for hydroxylation is 1. The van der Waals surface area contributed by atoms with Crippen molar-refractivity contribution in [2.45, 2.75) is 40.5 Å². The second kappa shape index (κ2) is 7.44. The fourth-order valence-corrected chi connectivity index (χ4v) is 2.36. The third kappa shape index (κ3) is 6.20. The lowest BCUT2D eigenvalue weighted by molar-refractivity contribution is -0.125. The lowest BCUT2D eigenvalue weighted by atomic mass is 9.84. The molecule has 1 atom stereocenters. The Labute approximate surface area is 122 Å². The van der Waals surface area contributed by atoms with Crippen molar-refractivity contribution in [1.82, 2.24) is 5.32 Å². The van der Waals surface area contributed by atoms with Crippen LogP contribution in [0.25, 0.3) is 0 Å². The van der Waals surface area contributed by atoms with Crippen LogP contribution in [0.1, 0.15) is 38.3 Å². The van der Waals surface area contributed by atoms with Crippen LogP contribution in [0.15, 0.2) is 24.3 Å². The molecule has 0 aliphatic carbocycles. The third-order valence-corrected chi connectivity index (χ3v) is 3.31. The van der Waals surface area contributed by atoms with E-state index >= 15 is 0 Å². The maximum absolute atomic E-state index is 12.1. The zero-order chi connectivity index (χ0) is 15.2. The summed E-state index contributed by atoms with van der Waals surface area (Å²) >= 11 is 0. The number of carbonyl (C=O) groups is 1. The summed E-state index contributed by atoms with van der Waals surface area (Å²) in [5, 5.41) is 3.01. The van der Waals surface area contributed by atoms with Gasteiger partial charge in [0.15, 0.2) is 0 Å². The Morgan fingerprint density at radius 1 is 1.35 bits per heavy atom. The lowest BCUT2D eigenvalue weighted by Gasteiger charge is -2.24. The summed E-state index contributed by atoms with van der Waals surface area (Å²) in [6.07, 6.45) is 1.68. The van der Waals surface area contributed by atoms with E-state index in [1.807, 2.05) is 0 Å². The molecule has 20 heavy (non-hydrogen) atoms. The minimum Gasteiger partial charge on any atom is -0.355 e. The second-order valence-electron chi connectivity index (χ2n) is 6.73. The van der Waals surface area contributed by atoms with Gasteiger partial charge in [0.2, 0.25) is 5.91 Å². The molecule has 1 amide bonds. The molecule has 0 radical (unpaired) electrons. The predicted octanol–water partition coefficient (Wildman–Crippen LogP) is 2.66. The molecule has 3 nitrogen and oxygen atoms in total. The number of hydrogen-bond acceptors (Lipinski definition) is 2. The number of amides is 1. The highest BCUT2D eigenvalue weighted by molar-refractivity contribution is 5.78. The first-order valence-corrected chi connectivity index (χ1v) is 7.35. The normalized spacial score (nSPS) is 13.1. The van der Waals surface area contributed by atoms with Gasteiger partial charge < -0.3 is 11.1 Å². The van der Waals surface area contributed by atoms with Gasteiger partial charge in [-0.3, -0.25) is 4.79 Å². The molecule has 112 valence electrons. The smallest absolute Gasteiger partial charge is 0.224 e. The van der Waals surface area contributed by atoms with Crippen LogP contribution in [0.5, 0.6) is 0 Å². The van der Waals surface area contributed by atoms with Crippen LogP contribution in [0.3, 0.4) is 0 Å². The highest BCUT2D eigenvalue weighted by Gasteiger charge is 2.23. The Hall–Kier alpha value is -1.35. The van der Waals surface area contributed by atoms with E-state index in [1.54, 1.807) is 0 Å². The number of nitrogens with two attached hydrogens (primary N) is 1. The number of rotatable bonds is 6. The van der Waals surface area contributed by atoms with Crippen LogP contribution in [-0.4, -0.2) is 19.0 Å². The van der Waals surface area contributed by atoms with Crippen LogP contribution < -0.4 is 11.1 Å². The average molecular weight is 276 g/mol. The molecular weight excluding hydrogens is 248 g/mol. The standard InChI is InChI=1S/C17H28N2O/c1-13-6-5-7-14(10-13)8-9-19-16(20)15(12-18)11-17(2,3)4/h5-7,10,15H,8-9,11-12,18H2,1-4H3,(H,19,20). The molecule has 0 saturated carbocycles. The fraction of sp³-hybridized carbons (Fsp3) is 0.588. The van der Waals surface area contributed by atoms with Gasteiger partial charge in [0.1, 0.15) is 0 Å². The van der Waals surface area contributed by atoms with Gasteiger partial charge in [-0.1, -0.05) is 50.6 Å². The molecule has 0 saturated heterocycles. The van der Waals surface area contributed by atoms with Crippen molar-refractivity contribution in [2.75, 3.05) is 13.1 Å². The van der Waals surface area contributed by atoms with Gasteiger partial charge in [0.25, 0.3) is 0 Å². The SMILES string of the molecule is Cc1cccc(CCNC(=O)C(CN)CC(C)(C)C)c1. The van der Waals surface area contributed by atoms with Crippen molar-refractivity contribution in [3.8, 4) is 0 Å². The zero-order valence-corrected chi connectivity index (χ0v) is 13.2. The van der Waals surface area contributed by atoms with E-state index in [-0.39, 0.29) is 17.2 Å². The highest BCUT2D eigenvalue weighted by atomic mass is 16.1. The van der Waals surface area contributed by atoms with E-state index in [0.717, 1.165) is 12.8 Å². The van der Waals surface area contributed by atoms with Crippen LogP contribution >= 0.6 is 0 Å². The minimum atomic E-state index is -0.0903. The maximum Gasteiger partial charge on any atom is 0.224 e. The summed E-state index contributed by atoms with van der Waals surface area (Å²) in [6.45, 7) is 9.56. The van der Waals surface area contributed by atoms with E-state index in [4.69, 9.17) is 5.73 Å². The number of hydrogen-bond donors (Lipinski definition) is 2. The van der Waals surface area contributed by atoms with Crippen LogP contribution in [0.2, 0.25) is 0 Å². The average Bonchev–Trinajstić information content (AvgIpc) is 2.34. The number of carbonyl (C=O) groups excluding carboxylic acids is 1. The molecule has 0 fully saturated rings. The fourth-order valence-electron chi connectivity index (χ4n) is 2.36. The number of nitrogens with one attached hydrogen (secondary N) is 1. The van der Waals surface area contributed by atoms with E-state index in [9.17, 15) is 4.79 Å². The van der Waals surface area contributed by atoms with Gasteiger partial charge in [0.05, 0.1) is 5.92 Å². The molecule has 0 heterocycles. The molecule has 1 aromatic rings. The van der Waals surface area contributed by atoms with Gasteiger partial charge in [-0.25, -0.2) is 0 Å². The summed E-state index contributed by atoms with van der Waals surface area (Å²) in [5.74, 6) is -0.0115. The Balaban J connectivity index is 2.42. The van der Waals surface area contributed by atoms with Crippen LogP contribution in [-0.2, 0) is 11.2 Å². The molecule has 1 unspecified atom stereocenters. The summed E-state index contributed by atoms with van der Waals surface area (Å²) in [4.78, 5) is 12.1. The van der Waals surface area contributed by atoms with Gasteiger partial charge >= 0.3 is 0 Å². The largest absolute Gasteiger partial charge is 0.355 e. The van der Waals surface area contributed by atoms with Crippen LogP contribution in [0.4, 0.5) is 0 Å². The van der Waals surface area contributed by atoms with Gasteiger partial charge in [0, 0.05) is 13.1 Å². The van der Waals surface area contributed by atoms with E-state index < -0.39 is 0 Å². The molecular formula is C17H28N2O. The third-order valence-electron chi connectivity index (χ3n) is 3.31. The summed E-state index contributed by atoms with van der Waals surface area (Å²) in [7, 11) is 0. The molecule has 1 rings (SSSR count). The van der Waals surface area contributed by atoms with Crippen molar-refractivity contribution in [3.63, 3.8) is 0 Å². The topological polar surface area (TPSA) is 55.1 Å². The quantitative estimate of drug-likeness (QED) is 0.839. The van der Waals surface area contributed by atoms with Crippen molar-refractivity contribution >= 4 is 5.91 Å². The van der Waals surface area contributed by atoms with Gasteiger partial charge in [-0.2, -0.15) is 0 Å². The summed E-state index contributed by atoms with van der Waals surface area (Å²) in [5.41, 5.74) is 8.35. The molecule has 3 N–H and O–H groups in total. The summed E-state index contributed by atoms with van der Waals surface area (Å²) in [6, 6.07) is 8.38.